The van der Waals surface area contributed by atoms with Crippen LogP contribution in [0.25, 0.3) is 5.57 Å². The van der Waals surface area contributed by atoms with Crippen LogP contribution in [-0.4, -0.2) is 38.4 Å². The van der Waals surface area contributed by atoms with Crippen molar-refractivity contribution in [3.8, 4) is 11.5 Å². The third-order valence-corrected chi connectivity index (χ3v) is 5.16. The van der Waals surface area contributed by atoms with Crippen molar-refractivity contribution < 1.29 is 18.7 Å². The maximum absolute atomic E-state index is 14.6. The van der Waals surface area contributed by atoms with Gasteiger partial charge in [0.05, 0.1) is 18.9 Å². The van der Waals surface area contributed by atoms with Gasteiger partial charge in [-0.25, -0.2) is 9.82 Å². The van der Waals surface area contributed by atoms with Crippen LogP contribution in [0.3, 0.4) is 0 Å². The highest BCUT2D eigenvalue weighted by Gasteiger charge is 2.29. The van der Waals surface area contributed by atoms with E-state index in [1.807, 2.05) is 18.9 Å². The third-order valence-electron chi connectivity index (χ3n) is 5.16. The van der Waals surface area contributed by atoms with Gasteiger partial charge in [-0.2, -0.15) is 5.10 Å². The molecule has 0 aliphatic carbocycles. The van der Waals surface area contributed by atoms with E-state index in [-0.39, 0.29) is 12.1 Å². The molecule has 158 valence electrons. The van der Waals surface area contributed by atoms with Gasteiger partial charge in [-0.15, -0.1) is 0 Å². The normalized spacial score (nSPS) is 14.9. The SMILES string of the molecule is COc1ccccc1OCC(=O)N/N=C/c1cc2c(cc1F)N(C)C(C)(C)C=C2C. The molecule has 0 fully saturated rings. The van der Waals surface area contributed by atoms with E-state index in [4.69, 9.17) is 9.47 Å². The second-order valence-electron chi connectivity index (χ2n) is 7.66. The fraction of sp³-hybridized carbons (Fsp3) is 0.304. The van der Waals surface area contributed by atoms with Crippen LogP contribution in [0.5, 0.6) is 11.5 Å². The van der Waals surface area contributed by atoms with Gasteiger partial charge in [-0.3, -0.25) is 4.79 Å². The minimum Gasteiger partial charge on any atom is -0.493 e. The summed E-state index contributed by atoms with van der Waals surface area (Å²) in [6.45, 7) is 5.92. The van der Waals surface area contributed by atoms with Crippen LogP contribution in [0.15, 0.2) is 47.6 Å². The monoisotopic (exact) mass is 411 g/mol. The van der Waals surface area contributed by atoms with Gasteiger partial charge in [0.15, 0.2) is 18.1 Å². The number of anilines is 1. The summed E-state index contributed by atoms with van der Waals surface area (Å²) in [5.41, 5.74) is 5.27. The summed E-state index contributed by atoms with van der Waals surface area (Å²) in [7, 11) is 3.46. The largest absolute Gasteiger partial charge is 0.493 e. The van der Waals surface area contributed by atoms with Crippen LogP contribution in [0.4, 0.5) is 10.1 Å². The molecule has 1 heterocycles. The lowest BCUT2D eigenvalue weighted by Gasteiger charge is -2.40. The number of halogens is 1. The number of hydrogen-bond acceptors (Lipinski definition) is 5. The fourth-order valence-electron chi connectivity index (χ4n) is 3.37. The van der Waals surface area contributed by atoms with Crippen LogP contribution in [-0.2, 0) is 4.79 Å². The van der Waals surface area contributed by atoms with Gasteiger partial charge in [0.1, 0.15) is 5.82 Å². The minimum atomic E-state index is -0.465. The molecule has 0 atom stereocenters. The number of fused-ring (bicyclic) bond motifs is 1. The standard InChI is InChI=1S/C23H26FN3O3/c1-15-12-23(2,3)27(4)19-11-18(24)16(10-17(15)19)13-25-26-22(28)14-30-21-9-7-6-8-20(21)29-5/h6-13H,14H2,1-5H3,(H,26,28)/b25-13+. The highest BCUT2D eigenvalue weighted by Crippen LogP contribution is 2.38. The zero-order chi connectivity index (χ0) is 21.9. The number of para-hydroxylation sites is 2. The van der Waals surface area contributed by atoms with Crippen molar-refractivity contribution in [1.29, 1.82) is 0 Å². The average Bonchev–Trinajstić information content (AvgIpc) is 2.71. The molecule has 0 bridgehead atoms. The predicted molar refractivity (Wildman–Crippen MR) is 117 cm³/mol. The van der Waals surface area contributed by atoms with E-state index in [0.29, 0.717) is 17.1 Å². The molecule has 2 aromatic carbocycles. The third kappa shape index (κ3) is 4.45. The van der Waals surface area contributed by atoms with Gasteiger partial charge in [-0.05, 0) is 50.6 Å². The summed E-state index contributed by atoms with van der Waals surface area (Å²) in [5, 5.41) is 3.87. The molecular weight excluding hydrogens is 385 g/mol. The highest BCUT2D eigenvalue weighted by atomic mass is 19.1. The van der Waals surface area contributed by atoms with Crippen LogP contribution in [0.2, 0.25) is 0 Å². The van der Waals surface area contributed by atoms with Crippen molar-refractivity contribution in [2.45, 2.75) is 26.3 Å². The molecule has 6 nitrogen and oxygen atoms in total. The number of benzene rings is 2. The smallest absolute Gasteiger partial charge is 0.277 e. The molecule has 30 heavy (non-hydrogen) atoms. The minimum absolute atomic E-state index is 0.200. The Morgan fingerprint density at radius 1 is 1.27 bits per heavy atom. The van der Waals surface area contributed by atoms with Gasteiger partial charge in [0.2, 0.25) is 0 Å². The van der Waals surface area contributed by atoms with E-state index < -0.39 is 11.7 Å². The number of ether oxygens (including phenoxy) is 2. The zero-order valence-corrected chi connectivity index (χ0v) is 17.8. The quantitative estimate of drug-likeness (QED) is 0.577. The number of allylic oxidation sites excluding steroid dienone is 1. The molecule has 0 spiro atoms. The second-order valence-corrected chi connectivity index (χ2v) is 7.66. The molecule has 7 heteroatoms. The zero-order valence-electron chi connectivity index (χ0n) is 17.8. The Morgan fingerprint density at radius 2 is 1.97 bits per heavy atom. The number of methoxy groups -OCH3 is 1. The number of hydrogen-bond donors (Lipinski definition) is 1. The lowest BCUT2D eigenvalue weighted by Crippen LogP contribution is -2.42. The fourth-order valence-corrected chi connectivity index (χ4v) is 3.37. The van der Waals surface area contributed by atoms with Crippen molar-refractivity contribution in [3.05, 3.63) is 59.4 Å². The Kier molecular flexibility index (Phi) is 6.10. The molecule has 0 unspecified atom stereocenters. The number of carbonyl (C=O) groups excluding carboxylic acids is 1. The summed E-state index contributed by atoms with van der Waals surface area (Å²) in [6, 6.07) is 10.3. The van der Waals surface area contributed by atoms with E-state index in [1.54, 1.807) is 30.3 Å². The topological polar surface area (TPSA) is 63.2 Å². The first-order chi connectivity index (χ1) is 14.2. The Morgan fingerprint density at radius 3 is 2.67 bits per heavy atom. The van der Waals surface area contributed by atoms with Crippen molar-refractivity contribution in [1.82, 2.24) is 5.43 Å². The van der Waals surface area contributed by atoms with Crippen molar-refractivity contribution in [3.63, 3.8) is 0 Å². The average molecular weight is 411 g/mol. The highest BCUT2D eigenvalue weighted by molar-refractivity contribution is 5.88. The summed E-state index contributed by atoms with van der Waals surface area (Å²) in [5.74, 6) is 0.109. The van der Waals surface area contributed by atoms with Gasteiger partial charge >= 0.3 is 0 Å². The maximum atomic E-state index is 14.6. The Balaban J connectivity index is 1.67. The number of nitrogens with one attached hydrogen (secondary N) is 1. The van der Waals surface area contributed by atoms with Gasteiger partial charge in [0, 0.05) is 23.9 Å². The predicted octanol–water partition coefficient (Wildman–Crippen LogP) is 4.00. The lowest BCUT2D eigenvalue weighted by molar-refractivity contribution is -0.123. The summed E-state index contributed by atoms with van der Waals surface area (Å²) in [6.07, 6.45) is 3.44. The van der Waals surface area contributed by atoms with E-state index in [2.05, 4.69) is 30.5 Å². The first-order valence-electron chi connectivity index (χ1n) is 9.58. The molecular formula is C23H26FN3O3. The molecule has 1 aliphatic rings. The van der Waals surface area contributed by atoms with Crippen molar-refractivity contribution >= 4 is 23.4 Å². The van der Waals surface area contributed by atoms with E-state index in [1.165, 1.54) is 19.4 Å². The first-order valence-corrected chi connectivity index (χ1v) is 9.58. The summed E-state index contributed by atoms with van der Waals surface area (Å²) in [4.78, 5) is 14.0. The first kappa shape index (κ1) is 21.4. The van der Waals surface area contributed by atoms with Crippen LogP contribution in [0.1, 0.15) is 31.9 Å². The van der Waals surface area contributed by atoms with E-state index in [0.717, 1.165) is 16.8 Å². The van der Waals surface area contributed by atoms with Crippen molar-refractivity contribution in [2.75, 3.05) is 25.7 Å². The Bertz CT molecular complexity index is 1010. The Labute approximate surface area is 176 Å². The number of carbonyl (C=O) groups is 1. The molecule has 0 saturated heterocycles. The lowest BCUT2D eigenvalue weighted by atomic mass is 9.88. The van der Waals surface area contributed by atoms with Crippen molar-refractivity contribution in [2.24, 2.45) is 5.10 Å². The van der Waals surface area contributed by atoms with Gasteiger partial charge in [-0.1, -0.05) is 18.2 Å². The van der Waals surface area contributed by atoms with Gasteiger partial charge < -0.3 is 14.4 Å². The van der Waals surface area contributed by atoms with Crippen LogP contribution >= 0.6 is 0 Å². The molecule has 3 rings (SSSR count). The molecule has 0 aromatic heterocycles. The van der Waals surface area contributed by atoms with Gasteiger partial charge in [0.25, 0.3) is 5.91 Å². The second kappa shape index (κ2) is 8.57. The number of amides is 1. The Hall–Kier alpha value is -3.35. The number of nitrogens with zero attached hydrogens (tertiary/aromatic N) is 2. The van der Waals surface area contributed by atoms with Crippen LogP contribution < -0.4 is 19.8 Å². The van der Waals surface area contributed by atoms with Crippen LogP contribution in [0, 0.1) is 5.82 Å². The summed E-state index contributed by atoms with van der Waals surface area (Å²) >= 11 is 0. The molecule has 1 N–H and O–H groups in total. The van der Waals surface area contributed by atoms with E-state index >= 15 is 0 Å². The molecule has 0 radical (unpaired) electrons. The molecule has 1 aliphatic heterocycles. The van der Waals surface area contributed by atoms with E-state index in [9.17, 15) is 9.18 Å². The number of hydrazone groups is 1. The molecule has 2 aromatic rings. The molecule has 1 amide bonds. The number of likely N-dealkylation sites (N-methyl/N-ethyl adjacent to an activating group) is 1. The number of rotatable bonds is 6. The maximum Gasteiger partial charge on any atom is 0.277 e. The summed E-state index contributed by atoms with van der Waals surface area (Å²) < 4.78 is 25.2. The molecule has 0 saturated carbocycles.